The van der Waals surface area contributed by atoms with Gasteiger partial charge in [0.2, 0.25) is 0 Å². The standard InChI is InChI=1S/C14H17ClN2S/c1-10(16-2)6-13-9-17-14(18-13)8-11-4-3-5-12(15)7-11/h3-5,7,9-10,16H,6,8H2,1-2H3. The normalized spacial score (nSPS) is 12.6. The Balaban J connectivity index is 2.02. The molecular weight excluding hydrogens is 264 g/mol. The van der Waals surface area contributed by atoms with Crippen molar-refractivity contribution in [1.29, 1.82) is 0 Å². The van der Waals surface area contributed by atoms with E-state index in [2.05, 4.69) is 23.3 Å². The molecule has 96 valence electrons. The van der Waals surface area contributed by atoms with E-state index < -0.39 is 0 Å². The summed E-state index contributed by atoms with van der Waals surface area (Å²) in [6.45, 7) is 2.18. The second-order valence-corrected chi connectivity index (χ2v) is 6.06. The van der Waals surface area contributed by atoms with Crippen LogP contribution in [0.25, 0.3) is 0 Å². The third-order valence-corrected chi connectivity index (χ3v) is 4.10. The number of hydrogen-bond donors (Lipinski definition) is 1. The molecule has 4 heteroatoms. The zero-order valence-electron chi connectivity index (χ0n) is 10.6. The summed E-state index contributed by atoms with van der Waals surface area (Å²) in [6, 6.07) is 8.45. The molecule has 0 fully saturated rings. The number of nitrogens with zero attached hydrogens (tertiary/aromatic N) is 1. The number of benzene rings is 1. The number of rotatable bonds is 5. The van der Waals surface area contributed by atoms with E-state index in [4.69, 9.17) is 11.6 Å². The van der Waals surface area contributed by atoms with E-state index in [1.54, 1.807) is 11.3 Å². The van der Waals surface area contributed by atoms with Crippen LogP contribution < -0.4 is 5.32 Å². The minimum absolute atomic E-state index is 0.490. The van der Waals surface area contributed by atoms with Crippen LogP contribution in [0, 0.1) is 0 Å². The second kappa shape index (κ2) is 6.32. The van der Waals surface area contributed by atoms with Gasteiger partial charge in [-0.15, -0.1) is 11.3 Å². The van der Waals surface area contributed by atoms with Crippen LogP contribution in [0.4, 0.5) is 0 Å². The molecule has 0 saturated carbocycles. The van der Waals surface area contributed by atoms with Gasteiger partial charge in [-0.25, -0.2) is 4.98 Å². The highest BCUT2D eigenvalue weighted by Gasteiger charge is 2.06. The Morgan fingerprint density at radius 2 is 2.28 bits per heavy atom. The molecule has 2 nitrogen and oxygen atoms in total. The number of aromatic nitrogens is 1. The Kier molecular flexibility index (Phi) is 4.75. The van der Waals surface area contributed by atoms with E-state index in [1.165, 1.54) is 10.4 Å². The summed E-state index contributed by atoms with van der Waals surface area (Å²) >= 11 is 7.76. The second-order valence-electron chi connectivity index (χ2n) is 4.42. The first-order chi connectivity index (χ1) is 8.67. The van der Waals surface area contributed by atoms with Gasteiger partial charge in [-0.3, -0.25) is 0 Å². The molecule has 1 N–H and O–H groups in total. The van der Waals surface area contributed by atoms with Crippen molar-refractivity contribution in [2.75, 3.05) is 7.05 Å². The lowest BCUT2D eigenvalue weighted by molar-refractivity contribution is 0.612. The molecular formula is C14H17ClN2S. The van der Waals surface area contributed by atoms with Crippen molar-refractivity contribution in [2.24, 2.45) is 0 Å². The molecule has 0 spiro atoms. The van der Waals surface area contributed by atoms with Crippen molar-refractivity contribution >= 4 is 22.9 Å². The Bertz CT molecular complexity index is 510. The smallest absolute Gasteiger partial charge is 0.0971 e. The van der Waals surface area contributed by atoms with Gasteiger partial charge >= 0.3 is 0 Å². The molecule has 0 aliphatic rings. The third kappa shape index (κ3) is 3.80. The van der Waals surface area contributed by atoms with Gasteiger partial charge in [0.05, 0.1) is 5.01 Å². The zero-order valence-corrected chi connectivity index (χ0v) is 12.2. The molecule has 0 bridgehead atoms. The minimum atomic E-state index is 0.490. The Morgan fingerprint density at radius 1 is 1.44 bits per heavy atom. The number of thiazole rings is 1. The summed E-state index contributed by atoms with van der Waals surface area (Å²) in [4.78, 5) is 5.80. The molecule has 2 aromatic rings. The van der Waals surface area contributed by atoms with Gasteiger partial charge in [-0.05, 0) is 38.1 Å². The molecule has 1 aromatic heterocycles. The molecule has 2 rings (SSSR count). The summed E-state index contributed by atoms with van der Waals surface area (Å²) < 4.78 is 0. The Labute approximate surface area is 117 Å². The first-order valence-electron chi connectivity index (χ1n) is 6.02. The monoisotopic (exact) mass is 280 g/mol. The molecule has 1 heterocycles. The maximum Gasteiger partial charge on any atom is 0.0971 e. The number of nitrogens with one attached hydrogen (secondary N) is 1. The molecule has 18 heavy (non-hydrogen) atoms. The molecule has 1 atom stereocenters. The SMILES string of the molecule is CNC(C)Cc1cnc(Cc2cccc(Cl)c2)s1. The maximum atomic E-state index is 5.98. The first kappa shape index (κ1) is 13.5. The van der Waals surface area contributed by atoms with Crippen LogP contribution in [0.2, 0.25) is 5.02 Å². The van der Waals surface area contributed by atoms with Gasteiger partial charge < -0.3 is 5.32 Å². The lowest BCUT2D eigenvalue weighted by atomic mass is 10.2. The Morgan fingerprint density at radius 3 is 3.00 bits per heavy atom. The quantitative estimate of drug-likeness (QED) is 0.906. The average molecular weight is 281 g/mol. The van der Waals surface area contributed by atoms with Crippen molar-refractivity contribution in [1.82, 2.24) is 10.3 Å². The average Bonchev–Trinajstić information content (AvgIpc) is 2.76. The van der Waals surface area contributed by atoms with Crippen molar-refractivity contribution in [3.05, 3.63) is 50.9 Å². The maximum absolute atomic E-state index is 5.98. The lowest BCUT2D eigenvalue weighted by Crippen LogP contribution is -2.22. The highest BCUT2D eigenvalue weighted by atomic mass is 35.5. The topological polar surface area (TPSA) is 24.9 Å². The summed E-state index contributed by atoms with van der Waals surface area (Å²) in [5.41, 5.74) is 1.21. The molecule has 0 aliphatic heterocycles. The Hall–Kier alpha value is -0.900. The molecule has 1 aromatic carbocycles. The van der Waals surface area contributed by atoms with Crippen LogP contribution in [0.3, 0.4) is 0 Å². The summed E-state index contributed by atoms with van der Waals surface area (Å²) in [5.74, 6) is 0. The van der Waals surface area contributed by atoms with Crippen LogP contribution >= 0.6 is 22.9 Å². The van der Waals surface area contributed by atoms with Gasteiger partial charge in [0.1, 0.15) is 0 Å². The van der Waals surface area contributed by atoms with Crippen LogP contribution in [-0.4, -0.2) is 18.1 Å². The van der Waals surface area contributed by atoms with E-state index >= 15 is 0 Å². The van der Waals surface area contributed by atoms with E-state index in [0.717, 1.165) is 22.9 Å². The largest absolute Gasteiger partial charge is 0.317 e. The minimum Gasteiger partial charge on any atom is -0.317 e. The predicted octanol–water partition coefficient (Wildman–Crippen LogP) is 3.54. The van der Waals surface area contributed by atoms with Gasteiger partial charge in [-0.2, -0.15) is 0 Å². The van der Waals surface area contributed by atoms with Gasteiger partial charge in [0.15, 0.2) is 0 Å². The van der Waals surface area contributed by atoms with Gasteiger partial charge in [0, 0.05) is 28.6 Å². The zero-order chi connectivity index (χ0) is 13.0. The van der Waals surface area contributed by atoms with Crippen LogP contribution in [0.15, 0.2) is 30.5 Å². The van der Waals surface area contributed by atoms with E-state index in [0.29, 0.717) is 6.04 Å². The molecule has 0 amide bonds. The molecule has 0 radical (unpaired) electrons. The van der Waals surface area contributed by atoms with Crippen LogP contribution in [0.1, 0.15) is 22.4 Å². The number of hydrogen-bond acceptors (Lipinski definition) is 3. The fourth-order valence-corrected chi connectivity index (χ4v) is 3.05. The fourth-order valence-electron chi connectivity index (χ4n) is 1.75. The third-order valence-electron chi connectivity index (χ3n) is 2.85. The van der Waals surface area contributed by atoms with Crippen molar-refractivity contribution in [3.8, 4) is 0 Å². The van der Waals surface area contributed by atoms with E-state index in [-0.39, 0.29) is 0 Å². The van der Waals surface area contributed by atoms with Gasteiger partial charge in [0.25, 0.3) is 0 Å². The molecule has 0 saturated heterocycles. The molecule has 1 unspecified atom stereocenters. The van der Waals surface area contributed by atoms with Crippen molar-refractivity contribution in [2.45, 2.75) is 25.8 Å². The predicted molar refractivity (Wildman–Crippen MR) is 78.6 cm³/mol. The summed E-state index contributed by atoms with van der Waals surface area (Å²) in [5, 5.41) is 5.18. The lowest BCUT2D eigenvalue weighted by Gasteiger charge is -2.06. The van der Waals surface area contributed by atoms with Crippen LogP contribution in [-0.2, 0) is 12.8 Å². The van der Waals surface area contributed by atoms with Crippen LogP contribution in [0.5, 0.6) is 0 Å². The van der Waals surface area contributed by atoms with Gasteiger partial charge in [-0.1, -0.05) is 23.7 Å². The number of likely N-dealkylation sites (N-methyl/N-ethyl adjacent to an activating group) is 1. The first-order valence-corrected chi connectivity index (χ1v) is 7.22. The highest BCUT2D eigenvalue weighted by Crippen LogP contribution is 2.19. The molecule has 0 aliphatic carbocycles. The van der Waals surface area contributed by atoms with Crippen molar-refractivity contribution < 1.29 is 0 Å². The van der Waals surface area contributed by atoms with Crippen molar-refractivity contribution in [3.63, 3.8) is 0 Å². The van der Waals surface area contributed by atoms with E-state index in [9.17, 15) is 0 Å². The highest BCUT2D eigenvalue weighted by molar-refractivity contribution is 7.11. The summed E-state index contributed by atoms with van der Waals surface area (Å²) in [6.07, 6.45) is 3.88. The summed E-state index contributed by atoms with van der Waals surface area (Å²) in [7, 11) is 1.98. The van der Waals surface area contributed by atoms with E-state index in [1.807, 2.05) is 31.4 Å². The number of halogens is 1. The fraction of sp³-hybridized carbons (Fsp3) is 0.357.